The van der Waals surface area contributed by atoms with E-state index in [1.54, 1.807) is 36.7 Å². The Hall–Kier alpha value is -4.00. The van der Waals surface area contributed by atoms with Crippen LogP contribution in [0.2, 0.25) is 0 Å². The highest BCUT2D eigenvalue weighted by Gasteiger charge is 2.23. The van der Waals surface area contributed by atoms with Crippen molar-refractivity contribution in [2.45, 2.75) is 13.3 Å². The average molecular weight is 432 g/mol. The van der Waals surface area contributed by atoms with Crippen molar-refractivity contribution < 1.29 is 24.2 Å². The van der Waals surface area contributed by atoms with Crippen molar-refractivity contribution in [1.29, 1.82) is 0 Å². The molecule has 0 fully saturated rings. The molecule has 0 unspecified atom stereocenters. The topological polar surface area (TPSA) is 80.5 Å². The van der Waals surface area contributed by atoms with Crippen LogP contribution in [0.4, 0.5) is 4.79 Å². The first-order valence-corrected chi connectivity index (χ1v) is 10.2. The highest BCUT2D eigenvalue weighted by Crippen LogP contribution is 2.38. The Kier molecular flexibility index (Phi) is 5.73. The summed E-state index contributed by atoms with van der Waals surface area (Å²) in [5.41, 5.74) is 3.37. The van der Waals surface area contributed by atoms with Crippen LogP contribution in [0.25, 0.3) is 16.4 Å². The summed E-state index contributed by atoms with van der Waals surface area (Å²) in [6, 6.07) is 16.8. The molecule has 7 nitrogen and oxygen atoms in total. The molecule has 164 valence electrons. The molecule has 7 heteroatoms. The van der Waals surface area contributed by atoms with Crippen LogP contribution in [0.1, 0.15) is 21.5 Å². The van der Waals surface area contributed by atoms with Gasteiger partial charge in [-0.15, -0.1) is 0 Å². The van der Waals surface area contributed by atoms with E-state index in [-0.39, 0.29) is 11.3 Å². The molecule has 0 bridgehead atoms. The zero-order chi connectivity index (χ0) is 22.8. The molecule has 32 heavy (non-hydrogen) atoms. The van der Waals surface area contributed by atoms with Gasteiger partial charge >= 0.3 is 12.1 Å². The minimum atomic E-state index is -1.05. The van der Waals surface area contributed by atoms with Gasteiger partial charge < -0.3 is 23.9 Å². The molecular formula is C25H24N2O5. The second-order valence-corrected chi connectivity index (χ2v) is 7.80. The fourth-order valence-electron chi connectivity index (χ4n) is 3.66. The molecular weight excluding hydrogens is 408 g/mol. The predicted octanol–water partition coefficient (Wildman–Crippen LogP) is 4.78. The molecule has 0 radical (unpaired) electrons. The number of hydrogen-bond acceptors (Lipinski definition) is 4. The predicted molar refractivity (Wildman–Crippen MR) is 122 cm³/mol. The number of aromatic carboxylic acids is 1. The second kappa shape index (κ2) is 8.63. The van der Waals surface area contributed by atoms with Gasteiger partial charge in [-0.3, -0.25) is 0 Å². The number of carbonyl (C=O) groups is 2. The number of carbonyl (C=O) groups excluding carboxylic acids is 1. The lowest BCUT2D eigenvalue weighted by Crippen LogP contribution is -2.25. The van der Waals surface area contributed by atoms with Crippen molar-refractivity contribution in [2.75, 3.05) is 20.7 Å². The van der Waals surface area contributed by atoms with E-state index >= 15 is 0 Å². The Bertz CT molecular complexity index is 1310. The third kappa shape index (κ3) is 4.09. The number of amides is 1. The normalized spacial score (nSPS) is 11.0. The number of benzene rings is 2. The number of fused-ring (bicyclic) bond motifs is 3. The number of hydrogen-bond donors (Lipinski definition) is 1. The van der Waals surface area contributed by atoms with E-state index in [0.29, 0.717) is 35.2 Å². The Morgan fingerprint density at radius 2 is 1.78 bits per heavy atom. The average Bonchev–Trinajstić information content (AvgIpc) is 3.08. The maximum absolute atomic E-state index is 12.2. The Labute approximate surface area is 185 Å². The Morgan fingerprint density at radius 1 is 1.03 bits per heavy atom. The summed E-state index contributed by atoms with van der Waals surface area (Å²) in [6.07, 6.45) is 1.98. The fourth-order valence-corrected chi connectivity index (χ4v) is 3.66. The van der Waals surface area contributed by atoms with E-state index in [0.717, 1.165) is 11.1 Å². The van der Waals surface area contributed by atoms with Gasteiger partial charge in [-0.2, -0.15) is 0 Å². The molecule has 1 N–H and O–H groups in total. The van der Waals surface area contributed by atoms with Crippen molar-refractivity contribution in [1.82, 2.24) is 9.30 Å². The SMILES string of the molecule is Cc1ccc2c(C(=O)O)c3c(OCCc4ccccc4)cc(OC(=O)N(C)C)cc3n2c1. The van der Waals surface area contributed by atoms with Gasteiger partial charge in [0.1, 0.15) is 11.5 Å². The standard InChI is InChI=1S/C25H24N2O5/c1-16-9-10-19-23(24(28)29)22-20(27(19)15-16)13-18(32-25(30)26(2)3)14-21(22)31-12-11-17-7-5-4-6-8-17/h4-10,13-15H,11-12H2,1-3H3,(H,28,29). The van der Waals surface area contributed by atoms with Gasteiger partial charge in [-0.1, -0.05) is 36.4 Å². The first kappa shape index (κ1) is 21.2. The van der Waals surface area contributed by atoms with E-state index in [2.05, 4.69) is 0 Å². The first-order chi connectivity index (χ1) is 15.3. The van der Waals surface area contributed by atoms with Crippen LogP contribution in [0.3, 0.4) is 0 Å². The van der Waals surface area contributed by atoms with Gasteiger partial charge in [-0.05, 0) is 24.1 Å². The minimum absolute atomic E-state index is 0.153. The maximum atomic E-state index is 12.2. The molecule has 4 rings (SSSR count). The summed E-state index contributed by atoms with van der Waals surface area (Å²) >= 11 is 0. The fraction of sp³-hybridized carbons (Fsp3) is 0.200. The monoisotopic (exact) mass is 432 g/mol. The lowest BCUT2D eigenvalue weighted by molar-refractivity contribution is 0.0700. The summed E-state index contributed by atoms with van der Waals surface area (Å²) in [6.45, 7) is 2.27. The quantitative estimate of drug-likeness (QED) is 0.474. The Morgan fingerprint density at radius 3 is 2.47 bits per heavy atom. The van der Waals surface area contributed by atoms with Crippen LogP contribution < -0.4 is 9.47 Å². The molecule has 0 atom stereocenters. The summed E-state index contributed by atoms with van der Waals surface area (Å²) in [5.74, 6) is -0.408. The zero-order valence-corrected chi connectivity index (χ0v) is 18.2. The van der Waals surface area contributed by atoms with Crippen LogP contribution in [0, 0.1) is 6.92 Å². The summed E-state index contributed by atoms with van der Waals surface area (Å²) in [7, 11) is 3.19. The van der Waals surface area contributed by atoms with Crippen LogP contribution in [0.15, 0.2) is 60.8 Å². The van der Waals surface area contributed by atoms with Crippen molar-refractivity contribution in [3.8, 4) is 11.5 Å². The molecule has 0 saturated heterocycles. The number of carboxylic acids is 1. The first-order valence-electron chi connectivity index (χ1n) is 10.2. The number of aryl methyl sites for hydroxylation is 1. The molecule has 2 aromatic heterocycles. The van der Waals surface area contributed by atoms with E-state index in [9.17, 15) is 14.7 Å². The van der Waals surface area contributed by atoms with E-state index < -0.39 is 12.1 Å². The summed E-state index contributed by atoms with van der Waals surface area (Å²) in [4.78, 5) is 25.7. The van der Waals surface area contributed by atoms with Crippen molar-refractivity contribution in [2.24, 2.45) is 0 Å². The highest BCUT2D eigenvalue weighted by molar-refractivity contribution is 6.13. The molecule has 2 aromatic carbocycles. The third-order valence-electron chi connectivity index (χ3n) is 5.19. The molecule has 1 amide bonds. The lowest BCUT2D eigenvalue weighted by atomic mass is 10.1. The molecule has 0 saturated carbocycles. The molecule has 0 aliphatic rings. The van der Waals surface area contributed by atoms with Crippen LogP contribution in [-0.4, -0.2) is 47.2 Å². The van der Waals surface area contributed by atoms with Gasteiger partial charge in [0, 0.05) is 38.8 Å². The number of pyridine rings is 1. The Balaban J connectivity index is 1.85. The van der Waals surface area contributed by atoms with Gasteiger partial charge in [-0.25, -0.2) is 9.59 Å². The maximum Gasteiger partial charge on any atom is 0.414 e. The van der Waals surface area contributed by atoms with Crippen LogP contribution >= 0.6 is 0 Å². The zero-order valence-electron chi connectivity index (χ0n) is 18.2. The number of rotatable bonds is 6. The molecule has 4 aromatic rings. The number of aromatic nitrogens is 1. The van der Waals surface area contributed by atoms with Gasteiger partial charge in [0.05, 0.1) is 28.6 Å². The second-order valence-electron chi connectivity index (χ2n) is 7.80. The summed E-state index contributed by atoms with van der Waals surface area (Å²) < 4.78 is 13.4. The van der Waals surface area contributed by atoms with Gasteiger partial charge in [0.2, 0.25) is 0 Å². The van der Waals surface area contributed by atoms with Crippen molar-refractivity contribution in [3.05, 3.63) is 77.5 Å². The number of nitrogens with zero attached hydrogens (tertiary/aromatic N) is 2. The minimum Gasteiger partial charge on any atom is -0.492 e. The van der Waals surface area contributed by atoms with Crippen molar-refractivity contribution >= 4 is 28.5 Å². The molecule has 2 heterocycles. The van der Waals surface area contributed by atoms with E-state index in [1.807, 2.05) is 49.5 Å². The van der Waals surface area contributed by atoms with Gasteiger partial charge in [0.15, 0.2) is 0 Å². The van der Waals surface area contributed by atoms with E-state index in [4.69, 9.17) is 9.47 Å². The molecule has 0 aliphatic carbocycles. The van der Waals surface area contributed by atoms with E-state index in [1.165, 1.54) is 4.90 Å². The van der Waals surface area contributed by atoms with Crippen LogP contribution in [0.5, 0.6) is 11.5 Å². The smallest absolute Gasteiger partial charge is 0.414 e. The van der Waals surface area contributed by atoms with Gasteiger partial charge in [0.25, 0.3) is 0 Å². The number of ether oxygens (including phenoxy) is 2. The molecule has 0 aliphatic heterocycles. The van der Waals surface area contributed by atoms with Crippen LogP contribution in [-0.2, 0) is 6.42 Å². The highest BCUT2D eigenvalue weighted by atomic mass is 16.6. The largest absolute Gasteiger partial charge is 0.492 e. The lowest BCUT2D eigenvalue weighted by Gasteiger charge is -2.14. The van der Waals surface area contributed by atoms with Crippen molar-refractivity contribution in [3.63, 3.8) is 0 Å². The summed E-state index contributed by atoms with van der Waals surface area (Å²) in [5, 5.41) is 10.5. The number of carboxylic acid groups (broad SMARTS) is 1. The molecule has 0 spiro atoms. The third-order valence-corrected chi connectivity index (χ3v) is 5.19.